The van der Waals surface area contributed by atoms with Gasteiger partial charge in [0, 0.05) is 0 Å². The molecule has 0 unspecified atom stereocenters. The molecule has 0 N–H and O–H groups in total. The van der Waals surface area contributed by atoms with Crippen molar-refractivity contribution in [3.63, 3.8) is 0 Å². The van der Waals surface area contributed by atoms with Gasteiger partial charge in [0.2, 0.25) is 0 Å². The molecular formula is C21H24O2. The third-order valence-corrected chi connectivity index (χ3v) is 4.16. The Morgan fingerprint density at radius 2 is 1.74 bits per heavy atom. The van der Waals surface area contributed by atoms with Gasteiger partial charge in [-0.1, -0.05) is 56.3 Å². The van der Waals surface area contributed by atoms with Crippen molar-refractivity contribution in [3.05, 3.63) is 70.3 Å². The van der Waals surface area contributed by atoms with Crippen LogP contribution < -0.4 is 0 Å². The molecule has 2 nitrogen and oxygen atoms in total. The topological polar surface area (TPSA) is 26.3 Å². The summed E-state index contributed by atoms with van der Waals surface area (Å²) in [4.78, 5) is 11.9. The molecule has 0 heterocycles. The number of methoxy groups -OCH3 is 1. The average Bonchev–Trinajstić information content (AvgIpc) is 2.60. The maximum Gasteiger partial charge on any atom is 0.338 e. The Kier molecular flexibility index (Phi) is 5.75. The van der Waals surface area contributed by atoms with Gasteiger partial charge in [0.15, 0.2) is 0 Å². The zero-order chi connectivity index (χ0) is 16.8. The van der Waals surface area contributed by atoms with Gasteiger partial charge in [-0.2, -0.15) is 0 Å². The lowest BCUT2D eigenvalue weighted by molar-refractivity contribution is 0.0600. The number of allylic oxidation sites excluding steroid dienone is 1. The van der Waals surface area contributed by atoms with E-state index in [1.165, 1.54) is 23.8 Å². The molecule has 0 fully saturated rings. The van der Waals surface area contributed by atoms with Crippen LogP contribution in [0.3, 0.4) is 0 Å². The molecule has 0 radical (unpaired) electrons. The van der Waals surface area contributed by atoms with Crippen LogP contribution in [0.2, 0.25) is 0 Å². The fourth-order valence-corrected chi connectivity index (χ4v) is 2.78. The number of ether oxygens (including phenoxy) is 1. The molecule has 0 aliphatic rings. The summed E-state index contributed by atoms with van der Waals surface area (Å²) in [6, 6.07) is 14.1. The average molecular weight is 308 g/mol. The van der Waals surface area contributed by atoms with Gasteiger partial charge in [0.05, 0.1) is 12.7 Å². The first-order valence-corrected chi connectivity index (χ1v) is 8.08. The molecule has 23 heavy (non-hydrogen) atoms. The van der Waals surface area contributed by atoms with Gasteiger partial charge in [0.1, 0.15) is 0 Å². The largest absolute Gasteiger partial charge is 0.465 e. The van der Waals surface area contributed by atoms with Gasteiger partial charge in [-0.3, -0.25) is 0 Å². The van der Waals surface area contributed by atoms with Crippen LogP contribution in [0.4, 0.5) is 0 Å². The van der Waals surface area contributed by atoms with Crippen LogP contribution in [0.15, 0.2) is 42.5 Å². The van der Waals surface area contributed by atoms with Gasteiger partial charge in [0.25, 0.3) is 0 Å². The second kappa shape index (κ2) is 7.77. The van der Waals surface area contributed by atoms with E-state index in [1.54, 1.807) is 6.07 Å². The zero-order valence-electron chi connectivity index (χ0n) is 14.3. The van der Waals surface area contributed by atoms with Crippen molar-refractivity contribution in [2.45, 2.75) is 33.6 Å². The van der Waals surface area contributed by atoms with E-state index < -0.39 is 0 Å². The van der Waals surface area contributed by atoms with E-state index in [2.05, 4.69) is 39.0 Å². The van der Waals surface area contributed by atoms with Gasteiger partial charge in [-0.05, 0) is 53.7 Å². The minimum Gasteiger partial charge on any atom is -0.465 e. The van der Waals surface area contributed by atoms with Crippen LogP contribution in [-0.2, 0) is 17.6 Å². The summed E-state index contributed by atoms with van der Waals surface area (Å²) in [5.41, 5.74) is 6.60. The van der Waals surface area contributed by atoms with Crippen molar-refractivity contribution in [3.8, 4) is 0 Å². The number of hydrogen-bond donors (Lipinski definition) is 0. The molecule has 0 aromatic heterocycles. The first-order chi connectivity index (χ1) is 11.1. The molecule has 2 aromatic rings. The van der Waals surface area contributed by atoms with E-state index in [-0.39, 0.29) is 5.97 Å². The first kappa shape index (κ1) is 17.0. The third kappa shape index (κ3) is 3.89. The van der Waals surface area contributed by atoms with Crippen LogP contribution >= 0.6 is 0 Å². The highest BCUT2D eigenvalue weighted by molar-refractivity contribution is 5.96. The number of benzene rings is 2. The molecule has 2 aromatic carbocycles. The van der Waals surface area contributed by atoms with Crippen molar-refractivity contribution in [1.82, 2.24) is 0 Å². The van der Waals surface area contributed by atoms with Crippen LogP contribution in [0.25, 0.3) is 11.6 Å². The van der Waals surface area contributed by atoms with E-state index in [4.69, 9.17) is 4.74 Å². The lowest BCUT2D eigenvalue weighted by atomic mass is 9.95. The predicted octanol–water partition coefficient (Wildman–Crippen LogP) is 5.16. The maximum absolute atomic E-state index is 11.9. The number of esters is 1. The van der Waals surface area contributed by atoms with Crippen LogP contribution in [0, 0.1) is 0 Å². The number of hydrogen-bond acceptors (Lipinski definition) is 2. The molecule has 0 aliphatic carbocycles. The summed E-state index contributed by atoms with van der Waals surface area (Å²) in [7, 11) is 1.41. The third-order valence-electron chi connectivity index (χ3n) is 4.16. The Bertz CT molecular complexity index is 726. The Balaban J connectivity index is 2.43. The minimum absolute atomic E-state index is 0.305. The normalized spacial score (nSPS) is 11.4. The molecule has 2 rings (SSSR count). The summed E-state index contributed by atoms with van der Waals surface area (Å²) < 4.78 is 4.86. The molecule has 0 aliphatic heterocycles. The van der Waals surface area contributed by atoms with Crippen LogP contribution in [0.5, 0.6) is 0 Å². The van der Waals surface area contributed by atoms with Crippen LogP contribution in [0.1, 0.15) is 53.4 Å². The van der Waals surface area contributed by atoms with E-state index in [1.807, 2.05) is 24.3 Å². The Morgan fingerprint density at radius 3 is 2.39 bits per heavy atom. The van der Waals surface area contributed by atoms with Crippen molar-refractivity contribution >= 4 is 17.6 Å². The molecule has 2 heteroatoms. The number of aryl methyl sites for hydroxylation is 2. The van der Waals surface area contributed by atoms with E-state index in [9.17, 15) is 4.79 Å². The monoisotopic (exact) mass is 308 g/mol. The van der Waals surface area contributed by atoms with Gasteiger partial charge in [-0.15, -0.1) is 0 Å². The molecule has 0 saturated heterocycles. The highest BCUT2D eigenvalue weighted by Crippen LogP contribution is 2.23. The minimum atomic E-state index is -0.305. The van der Waals surface area contributed by atoms with Crippen molar-refractivity contribution < 1.29 is 9.53 Å². The summed E-state index contributed by atoms with van der Waals surface area (Å²) in [5.74, 6) is -0.305. The zero-order valence-corrected chi connectivity index (χ0v) is 14.3. The molecule has 0 bridgehead atoms. The fourth-order valence-electron chi connectivity index (χ4n) is 2.78. The molecule has 0 amide bonds. The number of rotatable bonds is 5. The van der Waals surface area contributed by atoms with Crippen molar-refractivity contribution in [1.29, 1.82) is 0 Å². The molecule has 120 valence electrons. The summed E-state index contributed by atoms with van der Waals surface area (Å²) in [6.07, 6.45) is 4.13. The first-order valence-electron chi connectivity index (χ1n) is 8.08. The SMILES string of the molecule is CCc1ccc(/C(C)=C/c2ccccc2C(=O)OC)cc1CC. The van der Waals surface area contributed by atoms with Gasteiger partial charge >= 0.3 is 5.97 Å². The smallest absolute Gasteiger partial charge is 0.338 e. The lowest BCUT2D eigenvalue weighted by Crippen LogP contribution is -2.03. The highest BCUT2D eigenvalue weighted by Gasteiger charge is 2.10. The Morgan fingerprint density at radius 1 is 1.04 bits per heavy atom. The lowest BCUT2D eigenvalue weighted by Gasteiger charge is -2.10. The summed E-state index contributed by atoms with van der Waals surface area (Å²) in [6.45, 7) is 6.45. The molecule has 0 saturated carbocycles. The predicted molar refractivity (Wildman–Crippen MR) is 96.5 cm³/mol. The number of carbonyl (C=O) groups is 1. The van der Waals surface area contributed by atoms with E-state index in [0.29, 0.717) is 5.56 Å². The Hall–Kier alpha value is -2.35. The maximum atomic E-state index is 11.9. The summed E-state index contributed by atoms with van der Waals surface area (Å²) >= 11 is 0. The van der Waals surface area contributed by atoms with Crippen molar-refractivity contribution in [2.24, 2.45) is 0 Å². The van der Waals surface area contributed by atoms with E-state index >= 15 is 0 Å². The van der Waals surface area contributed by atoms with Crippen molar-refractivity contribution in [2.75, 3.05) is 7.11 Å². The molecule has 0 atom stereocenters. The summed E-state index contributed by atoms with van der Waals surface area (Å²) in [5, 5.41) is 0. The van der Waals surface area contributed by atoms with Crippen LogP contribution in [-0.4, -0.2) is 13.1 Å². The standard InChI is InChI=1S/C21H24O2/c1-5-16-11-12-18(14-17(16)6-2)15(3)13-19-9-7-8-10-20(19)21(22)23-4/h7-14H,5-6H2,1-4H3/b15-13+. The van der Waals surface area contributed by atoms with Gasteiger partial charge in [-0.25, -0.2) is 4.79 Å². The highest BCUT2D eigenvalue weighted by atomic mass is 16.5. The molecule has 0 spiro atoms. The second-order valence-corrected chi connectivity index (χ2v) is 5.60. The number of carbonyl (C=O) groups excluding carboxylic acids is 1. The molecular weight excluding hydrogens is 284 g/mol. The quantitative estimate of drug-likeness (QED) is 0.563. The van der Waals surface area contributed by atoms with E-state index in [0.717, 1.165) is 24.0 Å². The second-order valence-electron chi connectivity index (χ2n) is 5.60. The Labute approximate surface area is 138 Å². The fraction of sp³-hybridized carbons (Fsp3) is 0.286. The van der Waals surface area contributed by atoms with Gasteiger partial charge < -0.3 is 4.74 Å².